The zero-order valence-corrected chi connectivity index (χ0v) is 12.8. The molecule has 0 aliphatic rings. The summed E-state index contributed by atoms with van der Waals surface area (Å²) in [5, 5.41) is 3.28. The number of nitrogen functional groups attached to an aromatic ring is 1. The molecule has 0 fully saturated rings. The second-order valence-corrected chi connectivity index (χ2v) is 6.26. The fourth-order valence-corrected chi connectivity index (χ4v) is 1.39. The van der Waals surface area contributed by atoms with Gasteiger partial charge < -0.3 is 15.8 Å². The Morgan fingerprint density at radius 2 is 1.89 bits per heavy atom. The molecular formula is C14H26N4O. The van der Waals surface area contributed by atoms with Gasteiger partial charge in [-0.3, -0.25) is 0 Å². The number of hydrogen-bond acceptors (Lipinski definition) is 5. The summed E-state index contributed by atoms with van der Waals surface area (Å²) in [6.07, 6.45) is 1.51. The van der Waals surface area contributed by atoms with Gasteiger partial charge in [0.2, 0.25) is 5.88 Å². The first-order valence-electron chi connectivity index (χ1n) is 6.72. The number of ether oxygens (including phenoxy) is 1. The van der Waals surface area contributed by atoms with Crippen LogP contribution in [0.15, 0.2) is 6.33 Å². The van der Waals surface area contributed by atoms with Crippen LogP contribution in [0.3, 0.4) is 0 Å². The second-order valence-electron chi connectivity index (χ2n) is 6.26. The molecule has 1 heterocycles. The highest BCUT2D eigenvalue weighted by Gasteiger charge is 2.20. The molecule has 5 heteroatoms. The molecule has 1 atom stereocenters. The number of aromatic nitrogens is 2. The van der Waals surface area contributed by atoms with Gasteiger partial charge in [-0.2, -0.15) is 4.98 Å². The molecule has 0 amide bonds. The lowest BCUT2D eigenvalue weighted by Gasteiger charge is -2.27. The van der Waals surface area contributed by atoms with Gasteiger partial charge in [-0.15, -0.1) is 0 Å². The minimum Gasteiger partial charge on any atom is -0.473 e. The predicted molar refractivity (Wildman–Crippen MR) is 79.3 cm³/mol. The van der Waals surface area contributed by atoms with Crippen LogP contribution in [0, 0.1) is 11.3 Å². The number of nitrogens with two attached hydrogens (primary N) is 1. The van der Waals surface area contributed by atoms with Crippen molar-refractivity contribution >= 4 is 11.5 Å². The summed E-state index contributed by atoms with van der Waals surface area (Å²) < 4.78 is 5.54. The van der Waals surface area contributed by atoms with E-state index in [1.54, 1.807) is 0 Å². The van der Waals surface area contributed by atoms with E-state index in [-0.39, 0.29) is 11.5 Å². The van der Waals surface area contributed by atoms with Gasteiger partial charge in [0.15, 0.2) is 5.82 Å². The number of hydrogen-bond donors (Lipinski definition) is 2. The van der Waals surface area contributed by atoms with Crippen LogP contribution in [0.4, 0.5) is 11.5 Å². The maximum Gasteiger partial charge on any atom is 0.242 e. The number of nitrogens with zero attached hydrogens (tertiary/aromatic N) is 2. The Bertz CT molecular complexity index is 412. The summed E-state index contributed by atoms with van der Waals surface area (Å²) >= 11 is 0. The van der Waals surface area contributed by atoms with Gasteiger partial charge in [0.05, 0.1) is 6.10 Å². The van der Waals surface area contributed by atoms with Crippen LogP contribution < -0.4 is 15.8 Å². The molecule has 0 saturated heterocycles. The van der Waals surface area contributed by atoms with E-state index in [4.69, 9.17) is 10.5 Å². The van der Waals surface area contributed by atoms with Crippen molar-refractivity contribution in [3.63, 3.8) is 0 Å². The third-order valence-electron chi connectivity index (χ3n) is 3.25. The summed E-state index contributed by atoms with van der Waals surface area (Å²) in [6.45, 7) is 13.6. The highest BCUT2D eigenvalue weighted by Crippen LogP contribution is 2.28. The number of nitrogens with one attached hydrogen (secondary N) is 1. The Morgan fingerprint density at radius 3 is 2.42 bits per heavy atom. The fourth-order valence-electron chi connectivity index (χ4n) is 1.39. The lowest BCUT2D eigenvalue weighted by molar-refractivity contribution is 0.234. The molecule has 1 unspecified atom stereocenters. The smallest absolute Gasteiger partial charge is 0.242 e. The molecule has 0 aliphatic heterocycles. The molecule has 108 valence electrons. The molecule has 1 aromatic rings. The zero-order chi connectivity index (χ0) is 14.6. The largest absolute Gasteiger partial charge is 0.473 e. The average Bonchev–Trinajstić information content (AvgIpc) is 2.28. The van der Waals surface area contributed by atoms with Gasteiger partial charge in [-0.25, -0.2) is 4.98 Å². The van der Waals surface area contributed by atoms with E-state index >= 15 is 0 Å². The van der Waals surface area contributed by atoms with Crippen molar-refractivity contribution in [2.75, 3.05) is 17.6 Å². The zero-order valence-electron chi connectivity index (χ0n) is 12.8. The maximum absolute atomic E-state index is 6.01. The van der Waals surface area contributed by atoms with E-state index in [0.29, 0.717) is 23.3 Å². The van der Waals surface area contributed by atoms with Crippen molar-refractivity contribution in [1.82, 2.24) is 9.97 Å². The van der Waals surface area contributed by atoms with Crippen LogP contribution in [0.25, 0.3) is 0 Å². The van der Waals surface area contributed by atoms with Crippen LogP contribution in [-0.4, -0.2) is 22.6 Å². The Morgan fingerprint density at radius 1 is 1.26 bits per heavy atom. The molecule has 0 radical (unpaired) electrons. The molecule has 0 saturated carbocycles. The van der Waals surface area contributed by atoms with Gasteiger partial charge >= 0.3 is 0 Å². The lowest BCUT2D eigenvalue weighted by Crippen LogP contribution is -2.25. The van der Waals surface area contributed by atoms with Crippen LogP contribution in [0.1, 0.15) is 41.5 Å². The van der Waals surface area contributed by atoms with Crippen molar-refractivity contribution in [2.45, 2.75) is 47.6 Å². The average molecular weight is 266 g/mol. The van der Waals surface area contributed by atoms with Crippen molar-refractivity contribution in [2.24, 2.45) is 11.3 Å². The van der Waals surface area contributed by atoms with E-state index in [2.05, 4.69) is 43.0 Å². The van der Waals surface area contributed by atoms with Gasteiger partial charge in [0, 0.05) is 6.54 Å². The number of anilines is 2. The third-order valence-corrected chi connectivity index (χ3v) is 3.25. The number of rotatable bonds is 5. The van der Waals surface area contributed by atoms with Crippen molar-refractivity contribution in [3.05, 3.63) is 6.33 Å². The summed E-state index contributed by atoms with van der Waals surface area (Å²) in [5.41, 5.74) is 6.73. The lowest BCUT2D eigenvalue weighted by atomic mass is 9.82. The minimum absolute atomic E-state index is 0.0403. The summed E-state index contributed by atoms with van der Waals surface area (Å²) in [4.78, 5) is 8.23. The first-order chi connectivity index (χ1) is 8.71. The molecule has 19 heavy (non-hydrogen) atoms. The molecule has 3 N–H and O–H groups in total. The maximum atomic E-state index is 6.01. The first-order valence-corrected chi connectivity index (χ1v) is 6.72. The van der Waals surface area contributed by atoms with Crippen LogP contribution in [-0.2, 0) is 0 Å². The molecule has 0 bridgehead atoms. The topological polar surface area (TPSA) is 73.1 Å². The fraction of sp³-hybridized carbons (Fsp3) is 0.714. The summed E-state index contributed by atoms with van der Waals surface area (Å²) in [6, 6.07) is 0. The normalized spacial score (nSPS) is 13.4. The molecular weight excluding hydrogens is 240 g/mol. The van der Waals surface area contributed by atoms with E-state index in [0.717, 1.165) is 6.54 Å². The van der Waals surface area contributed by atoms with Crippen LogP contribution >= 0.6 is 0 Å². The van der Waals surface area contributed by atoms with E-state index < -0.39 is 0 Å². The monoisotopic (exact) mass is 266 g/mol. The molecule has 0 spiro atoms. The Kier molecular flexibility index (Phi) is 4.97. The van der Waals surface area contributed by atoms with E-state index in [9.17, 15) is 0 Å². The van der Waals surface area contributed by atoms with Gasteiger partial charge in [-0.05, 0) is 25.2 Å². The molecule has 0 aliphatic carbocycles. The van der Waals surface area contributed by atoms with Crippen molar-refractivity contribution in [3.8, 4) is 5.88 Å². The van der Waals surface area contributed by atoms with Crippen molar-refractivity contribution < 1.29 is 4.74 Å². The summed E-state index contributed by atoms with van der Waals surface area (Å²) in [5.74, 6) is 1.58. The highest BCUT2D eigenvalue weighted by molar-refractivity contribution is 5.66. The molecule has 0 aromatic carbocycles. The van der Waals surface area contributed by atoms with Crippen LogP contribution in [0.2, 0.25) is 0 Å². The summed E-state index contributed by atoms with van der Waals surface area (Å²) in [7, 11) is 0. The minimum atomic E-state index is 0.0403. The predicted octanol–water partition coefficient (Wildman–Crippen LogP) is 2.94. The third kappa shape index (κ3) is 4.58. The van der Waals surface area contributed by atoms with Crippen molar-refractivity contribution in [1.29, 1.82) is 0 Å². The first kappa shape index (κ1) is 15.5. The van der Waals surface area contributed by atoms with Crippen LogP contribution in [0.5, 0.6) is 5.88 Å². The SMILES string of the molecule is CC(C)Oc1ncnc(NCC(C)C(C)(C)C)c1N. The highest BCUT2D eigenvalue weighted by atomic mass is 16.5. The van der Waals surface area contributed by atoms with E-state index in [1.165, 1.54) is 6.33 Å². The second kappa shape index (κ2) is 6.08. The van der Waals surface area contributed by atoms with Gasteiger partial charge in [0.25, 0.3) is 0 Å². The molecule has 1 aromatic heterocycles. The quantitative estimate of drug-likeness (QED) is 0.857. The Balaban J connectivity index is 2.74. The van der Waals surface area contributed by atoms with Gasteiger partial charge in [0.1, 0.15) is 12.0 Å². The Labute approximate surface area is 116 Å². The van der Waals surface area contributed by atoms with Gasteiger partial charge in [-0.1, -0.05) is 27.7 Å². The molecule has 5 nitrogen and oxygen atoms in total. The standard InChI is InChI=1S/C14H26N4O/c1-9(2)19-13-11(15)12(17-8-18-13)16-7-10(3)14(4,5)6/h8-10H,7,15H2,1-6H3,(H,16,17,18). The Hall–Kier alpha value is -1.52. The molecule has 1 rings (SSSR count). The van der Waals surface area contributed by atoms with E-state index in [1.807, 2.05) is 13.8 Å².